The van der Waals surface area contributed by atoms with Crippen LogP contribution in [-0.2, 0) is 9.59 Å². The van der Waals surface area contributed by atoms with Crippen LogP contribution in [0.3, 0.4) is 0 Å². The molecule has 1 saturated carbocycles. The van der Waals surface area contributed by atoms with Gasteiger partial charge in [-0.25, -0.2) is 4.39 Å². The highest BCUT2D eigenvalue weighted by atomic mass is 79.9. The number of hydrogen-bond donors (Lipinski definition) is 1. The Kier molecular flexibility index (Phi) is 3.54. The van der Waals surface area contributed by atoms with Gasteiger partial charge in [0, 0.05) is 30.2 Å². The largest absolute Gasteiger partial charge is 0.304 e. The molecule has 0 saturated heterocycles. The van der Waals surface area contributed by atoms with Gasteiger partial charge in [0.15, 0.2) is 5.78 Å². The first-order valence-electron chi connectivity index (χ1n) is 7.58. The van der Waals surface area contributed by atoms with Gasteiger partial charge in [-0.1, -0.05) is 6.07 Å². The minimum absolute atomic E-state index is 0.0285. The lowest BCUT2D eigenvalue weighted by Crippen LogP contribution is -2.40. The number of hydrogen-bond acceptors (Lipinski definition) is 4. The molecule has 23 heavy (non-hydrogen) atoms. The predicted octanol–water partition coefficient (Wildman–Crippen LogP) is 2.53. The number of ketones is 2. The van der Waals surface area contributed by atoms with Crippen molar-refractivity contribution in [2.75, 3.05) is 13.1 Å². The molecule has 4 rings (SSSR count). The van der Waals surface area contributed by atoms with Gasteiger partial charge < -0.3 is 5.32 Å². The molecule has 2 aliphatic heterocycles. The SMILES string of the molecule is O=C1CNCC2=C1C(c1ccc(F)c(Br)c1)C1C(=O)CCC1=N2. The number of benzene rings is 1. The first kappa shape index (κ1) is 14.9. The molecular weight excluding hydrogens is 363 g/mol. The van der Waals surface area contributed by atoms with Gasteiger partial charge in [0.2, 0.25) is 0 Å². The highest BCUT2D eigenvalue weighted by Crippen LogP contribution is 2.44. The molecule has 3 aliphatic rings. The Morgan fingerprint density at radius 3 is 2.78 bits per heavy atom. The summed E-state index contributed by atoms with van der Waals surface area (Å²) in [5.41, 5.74) is 2.99. The van der Waals surface area contributed by atoms with Crippen LogP contribution in [-0.4, -0.2) is 30.4 Å². The molecule has 0 bridgehead atoms. The van der Waals surface area contributed by atoms with Crippen LogP contribution in [0.1, 0.15) is 24.3 Å². The molecule has 1 aliphatic carbocycles. The smallest absolute Gasteiger partial charge is 0.175 e. The molecule has 0 spiro atoms. The molecule has 2 atom stereocenters. The van der Waals surface area contributed by atoms with E-state index in [0.717, 1.165) is 17.0 Å². The second kappa shape index (κ2) is 5.46. The zero-order valence-corrected chi connectivity index (χ0v) is 13.8. The van der Waals surface area contributed by atoms with Gasteiger partial charge in [-0.05, 0) is 40.0 Å². The number of nitrogens with one attached hydrogen (secondary N) is 1. The minimum atomic E-state index is -0.381. The van der Waals surface area contributed by atoms with Crippen molar-refractivity contribution in [3.63, 3.8) is 0 Å². The third kappa shape index (κ3) is 2.32. The van der Waals surface area contributed by atoms with Gasteiger partial charge in [0.1, 0.15) is 11.6 Å². The van der Waals surface area contributed by atoms with E-state index < -0.39 is 0 Å². The van der Waals surface area contributed by atoms with E-state index >= 15 is 0 Å². The maximum atomic E-state index is 13.6. The first-order valence-corrected chi connectivity index (χ1v) is 8.37. The van der Waals surface area contributed by atoms with Crippen molar-refractivity contribution in [1.29, 1.82) is 0 Å². The van der Waals surface area contributed by atoms with Crippen LogP contribution in [0, 0.1) is 11.7 Å². The number of carbonyl (C=O) groups excluding carboxylic acids is 2. The maximum Gasteiger partial charge on any atom is 0.175 e. The average molecular weight is 377 g/mol. The fourth-order valence-corrected chi connectivity index (χ4v) is 4.15. The molecule has 1 N–H and O–H groups in total. The number of Topliss-reactive ketones (excluding diaryl/α,β-unsaturated/α-hetero) is 2. The van der Waals surface area contributed by atoms with E-state index in [1.165, 1.54) is 6.07 Å². The third-order valence-corrected chi connectivity index (χ3v) is 5.36. The lowest BCUT2D eigenvalue weighted by Gasteiger charge is -2.33. The minimum Gasteiger partial charge on any atom is -0.304 e. The number of halogens is 2. The molecule has 2 heterocycles. The standard InChI is InChI=1S/C17H14BrFN2O2/c18-9-5-8(1-2-10(9)19)15-16-11(3-4-13(16)22)21-12-6-20-7-14(23)17(12)15/h1-2,5,15-16,20H,3-4,6-7H2. The number of aliphatic imine (C=N–C) groups is 1. The Labute approximate surface area is 141 Å². The number of rotatable bonds is 1. The monoisotopic (exact) mass is 376 g/mol. The van der Waals surface area contributed by atoms with Crippen LogP contribution < -0.4 is 5.32 Å². The Balaban J connectivity index is 1.91. The van der Waals surface area contributed by atoms with Gasteiger partial charge in [0.25, 0.3) is 0 Å². The van der Waals surface area contributed by atoms with Crippen molar-refractivity contribution < 1.29 is 14.0 Å². The lowest BCUT2D eigenvalue weighted by atomic mass is 9.74. The van der Waals surface area contributed by atoms with E-state index in [1.807, 2.05) is 0 Å². The van der Waals surface area contributed by atoms with Crippen molar-refractivity contribution in [2.24, 2.45) is 10.9 Å². The van der Waals surface area contributed by atoms with Crippen LogP contribution in [0.5, 0.6) is 0 Å². The highest BCUT2D eigenvalue weighted by Gasteiger charge is 2.45. The maximum absolute atomic E-state index is 13.6. The molecule has 118 valence electrons. The second-order valence-corrected chi connectivity index (χ2v) is 6.94. The summed E-state index contributed by atoms with van der Waals surface area (Å²) >= 11 is 3.20. The topological polar surface area (TPSA) is 58.5 Å². The molecule has 1 fully saturated rings. The highest BCUT2D eigenvalue weighted by molar-refractivity contribution is 9.10. The number of carbonyl (C=O) groups is 2. The van der Waals surface area contributed by atoms with Gasteiger partial charge in [0.05, 0.1) is 22.6 Å². The summed E-state index contributed by atoms with van der Waals surface area (Å²) in [5, 5.41) is 3.05. The van der Waals surface area contributed by atoms with Gasteiger partial charge in [-0.2, -0.15) is 0 Å². The molecule has 2 unspecified atom stereocenters. The fraction of sp³-hybridized carbons (Fsp3) is 0.353. The summed E-state index contributed by atoms with van der Waals surface area (Å²) in [5.74, 6) is -1.000. The van der Waals surface area contributed by atoms with Crippen molar-refractivity contribution in [3.8, 4) is 0 Å². The Hall–Kier alpha value is -1.66. The quantitative estimate of drug-likeness (QED) is 0.819. The fourth-order valence-electron chi connectivity index (χ4n) is 3.76. The van der Waals surface area contributed by atoms with E-state index in [0.29, 0.717) is 29.4 Å². The van der Waals surface area contributed by atoms with Gasteiger partial charge >= 0.3 is 0 Å². The van der Waals surface area contributed by atoms with Crippen molar-refractivity contribution >= 4 is 33.2 Å². The third-order valence-electron chi connectivity index (χ3n) is 4.75. The van der Waals surface area contributed by atoms with E-state index in [2.05, 4.69) is 26.2 Å². The zero-order chi connectivity index (χ0) is 16.1. The van der Waals surface area contributed by atoms with Gasteiger partial charge in [-0.3, -0.25) is 14.6 Å². The Bertz CT molecular complexity index is 800. The second-order valence-electron chi connectivity index (χ2n) is 6.09. The van der Waals surface area contributed by atoms with Crippen molar-refractivity contribution in [3.05, 3.63) is 45.3 Å². The molecular formula is C17H14BrFN2O2. The van der Waals surface area contributed by atoms with Crippen LogP contribution in [0.2, 0.25) is 0 Å². The molecule has 1 aromatic rings. The summed E-state index contributed by atoms with van der Waals surface area (Å²) in [6, 6.07) is 4.71. The van der Waals surface area contributed by atoms with Crippen LogP contribution in [0.15, 0.2) is 38.9 Å². The predicted molar refractivity (Wildman–Crippen MR) is 86.9 cm³/mol. The van der Waals surface area contributed by atoms with E-state index in [-0.39, 0.29) is 35.8 Å². The van der Waals surface area contributed by atoms with Crippen molar-refractivity contribution in [2.45, 2.75) is 18.8 Å². The lowest BCUT2D eigenvalue weighted by molar-refractivity contribution is -0.120. The van der Waals surface area contributed by atoms with Crippen LogP contribution in [0.4, 0.5) is 4.39 Å². The number of nitrogens with zero attached hydrogens (tertiary/aromatic N) is 1. The average Bonchev–Trinajstić information content (AvgIpc) is 2.90. The molecule has 1 aromatic carbocycles. The summed E-state index contributed by atoms with van der Waals surface area (Å²) in [4.78, 5) is 29.5. The molecule has 0 aromatic heterocycles. The summed E-state index contributed by atoms with van der Waals surface area (Å²) in [6.45, 7) is 0.786. The van der Waals surface area contributed by atoms with Crippen molar-refractivity contribution in [1.82, 2.24) is 5.32 Å². The summed E-state index contributed by atoms with van der Waals surface area (Å²) in [6.07, 6.45) is 1.11. The summed E-state index contributed by atoms with van der Waals surface area (Å²) in [7, 11) is 0. The zero-order valence-electron chi connectivity index (χ0n) is 12.2. The van der Waals surface area contributed by atoms with E-state index in [1.54, 1.807) is 12.1 Å². The Morgan fingerprint density at radius 2 is 2.00 bits per heavy atom. The molecule has 6 heteroatoms. The van der Waals surface area contributed by atoms with Crippen LogP contribution in [0.25, 0.3) is 0 Å². The van der Waals surface area contributed by atoms with Crippen LogP contribution >= 0.6 is 15.9 Å². The number of fused-ring (bicyclic) bond motifs is 1. The van der Waals surface area contributed by atoms with Gasteiger partial charge in [-0.15, -0.1) is 0 Å². The summed E-state index contributed by atoms with van der Waals surface area (Å²) < 4.78 is 13.9. The van der Waals surface area contributed by atoms with E-state index in [9.17, 15) is 14.0 Å². The first-order chi connectivity index (χ1) is 11.1. The molecule has 4 nitrogen and oxygen atoms in total. The molecule has 0 amide bonds. The normalized spacial score (nSPS) is 27.0. The van der Waals surface area contributed by atoms with E-state index in [4.69, 9.17) is 0 Å². The Morgan fingerprint density at radius 1 is 1.17 bits per heavy atom. The molecule has 0 radical (unpaired) electrons.